The number of amides is 1. The second kappa shape index (κ2) is 14.0. The highest BCUT2D eigenvalue weighted by Gasteiger charge is 2.33. The lowest BCUT2D eigenvalue weighted by atomic mass is 9.98. The second-order valence-corrected chi connectivity index (χ2v) is 14.4. The van der Waals surface area contributed by atoms with E-state index in [4.69, 9.17) is 4.74 Å². The number of β-amino-alcohol motifs (C(OH)–C–C–N with tert-alkyl or cyclic N) is 1. The molecular weight excluding hydrogens is 648 g/mol. The molecule has 1 saturated heterocycles. The molecule has 0 unspecified atom stereocenters. The first-order valence-electron chi connectivity index (χ1n) is 17.7. The van der Waals surface area contributed by atoms with Gasteiger partial charge < -0.3 is 29.2 Å². The Morgan fingerprint density at radius 3 is 2.51 bits per heavy atom. The van der Waals surface area contributed by atoms with Gasteiger partial charge in [-0.15, -0.1) is 0 Å². The van der Waals surface area contributed by atoms with Crippen LogP contribution in [0.3, 0.4) is 0 Å². The molecule has 0 spiro atoms. The van der Waals surface area contributed by atoms with E-state index in [-0.39, 0.29) is 18.1 Å². The molecule has 2 N–H and O–H groups in total. The summed E-state index contributed by atoms with van der Waals surface area (Å²) in [5.74, 6) is 0.382. The quantitative estimate of drug-likeness (QED) is 0.248. The zero-order valence-corrected chi connectivity index (χ0v) is 29.8. The third kappa shape index (κ3) is 7.26. The predicted molar refractivity (Wildman–Crippen MR) is 196 cm³/mol. The molecule has 2 aliphatic heterocycles. The minimum absolute atomic E-state index is 0.0875. The molecule has 4 aromatic heterocycles. The average molecular weight is 695 g/mol. The molecule has 0 bridgehead atoms. The van der Waals surface area contributed by atoms with Crippen molar-refractivity contribution >= 4 is 34.9 Å². The van der Waals surface area contributed by atoms with Crippen molar-refractivity contribution in [3.8, 4) is 11.1 Å². The summed E-state index contributed by atoms with van der Waals surface area (Å²) < 4.78 is 9.19. The van der Waals surface area contributed by atoms with Gasteiger partial charge in [0.05, 0.1) is 17.5 Å². The number of aryl methyl sites for hydroxylation is 2. The molecule has 1 aliphatic carbocycles. The maximum atomic E-state index is 14.0. The van der Waals surface area contributed by atoms with Gasteiger partial charge in [-0.05, 0) is 81.0 Å². The third-order valence-corrected chi connectivity index (χ3v) is 9.98. The maximum absolute atomic E-state index is 14.0. The van der Waals surface area contributed by atoms with E-state index in [1.54, 1.807) is 36.6 Å². The van der Waals surface area contributed by atoms with Crippen molar-refractivity contribution in [1.82, 2.24) is 24.0 Å². The van der Waals surface area contributed by atoms with Gasteiger partial charge in [-0.3, -0.25) is 24.2 Å². The number of hydrogen-bond acceptors (Lipinski definition) is 10. The summed E-state index contributed by atoms with van der Waals surface area (Å²) in [7, 11) is 1.68. The molecule has 6 heterocycles. The van der Waals surface area contributed by atoms with E-state index >= 15 is 0 Å². The van der Waals surface area contributed by atoms with Crippen LogP contribution in [0.5, 0.6) is 0 Å². The van der Waals surface area contributed by atoms with Gasteiger partial charge in [-0.2, -0.15) is 0 Å². The minimum Gasteiger partial charge on any atom is -0.461 e. The number of piperazine rings is 1. The standard InChI is InChI=1S/C38H46N8O5/c1-25(47)51-23-30-29(11-12-39-35(30)46-18-17-45-32-8-6-5-7-26(32)20-33(45)37(46)49)27-19-31(36(48)42(4)22-27)41-34-10-9-28(21-40-34)44-15-13-43(14-16-44)24-38(2,3)50/h9-12,19-22,50H,5-8,13-18,23-24H2,1-4H3,(H,40,41). The van der Waals surface area contributed by atoms with Gasteiger partial charge in [0, 0.05) is 89.0 Å². The number of carbonyl (C=O) groups excluding carboxylic acids is 2. The van der Waals surface area contributed by atoms with Crippen molar-refractivity contribution in [2.75, 3.05) is 54.4 Å². The Labute approximate surface area is 297 Å². The predicted octanol–water partition coefficient (Wildman–Crippen LogP) is 3.88. The summed E-state index contributed by atoms with van der Waals surface area (Å²) in [4.78, 5) is 54.9. The normalized spacial score (nSPS) is 16.5. The molecule has 268 valence electrons. The van der Waals surface area contributed by atoms with Crippen LogP contribution in [0.1, 0.15) is 60.9 Å². The number of nitrogens with zero attached hydrogens (tertiary/aromatic N) is 7. The molecule has 13 nitrogen and oxygen atoms in total. The zero-order valence-electron chi connectivity index (χ0n) is 29.8. The molecule has 4 aromatic rings. The van der Waals surface area contributed by atoms with Crippen LogP contribution in [0, 0.1) is 0 Å². The Morgan fingerprint density at radius 2 is 1.78 bits per heavy atom. The van der Waals surface area contributed by atoms with Crippen LogP contribution < -0.4 is 20.7 Å². The number of fused-ring (bicyclic) bond motifs is 3. The molecule has 51 heavy (non-hydrogen) atoms. The number of hydrogen-bond donors (Lipinski definition) is 2. The topological polar surface area (TPSA) is 138 Å². The first kappa shape index (κ1) is 34.4. The van der Waals surface area contributed by atoms with Crippen molar-refractivity contribution < 1.29 is 19.4 Å². The lowest BCUT2D eigenvalue weighted by molar-refractivity contribution is -0.142. The second-order valence-electron chi connectivity index (χ2n) is 14.4. The Kier molecular flexibility index (Phi) is 9.42. The van der Waals surface area contributed by atoms with Gasteiger partial charge in [0.2, 0.25) is 0 Å². The van der Waals surface area contributed by atoms with Gasteiger partial charge in [-0.25, -0.2) is 9.97 Å². The highest BCUT2D eigenvalue weighted by molar-refractivity contribution is 6.06. The molecule has 7 rings (SSSR count). The summed E-state index contributed by atoms with van der Waals surface area (Å²) in [5.41, 5.74) is 5.50. The van der Waals surface area contributed by atoms with E-state index in [1.807, 2.05) is 38.1 Å². The number of rotatable bonds is 9. The summed E-state index contributed by atoms with van der Waals surface area (Å²) in [6, 6.07) is 9.45. The van der Waals surface area contributed by atoms with Crippen LogP contribution >= 0.6 is 0 Å². The van der Waals surface area contributed by atoms with Crippen molar-refractivity contribution in [3.05, 3.63) is 81.8 Å². The number of aromatic nitrogens is 4. The summed E-state index contributed by atoms with van der Waals surface area (Å²) >= 11 is 0. The Bertz CT molecular complexity index is 2000. The molecule has 13 heteroatoms. The Balaban J connectivity index is 1.15. The summed E-state index contributed by atoms with van der Waals surface area (Å²) in [6.45, 7) is 10.0. The fourth-order valence-corrected chi connectivity index (χ4v) is 7.58. The molecule has 3 aliphatic rings. The number of nitrogens with one attached hydrogen (secondary N) is 1. The molecule has 1 amide bonds. The van der Waals surface area contributed by atoms with E-state index in [2.05, 4.69) is 29.7 Å². The van der Waals surface area contributed by atoms with Crippen LogP contribution in [-0.4, -0.2) is 85.9 Å². The molecule has 0 atom stereocenters. The zero-order chi connectivity index (χ0) is 35.9. The number of pyridine rings is 3. The average Bonchev–Trinajstić information content (AvgIpc) is 3.49. The highest BCUT2D eigenvalue weighted by atomic mass is 16.5. The van der Waals surface area contributed by atoms with Gasteiger partial charge >= 0.3 is 5.97 Å². The Hall–Kier alpha value is -5.01. The lowest BCUT2D eigenvalue weighted by Gasteiger charge is -2.38. The van der Waals surface area contributed by atoms with Crippen molar-refractivity contribution in [2.45, 2.75) is 65.2 Å². The van der Waals surface area contributed by atoms with Gasteiger partial charge in [0.25, 0.3) is 11.5 Å². The maximum Gasteiger partial charge on any atom is 0.302 e. The van der Waals surface area contributed by atoms with Crippen LogP contribution in [-0.2, 0) is 42.6 Å². The van der Waals surface area contributed by atoms with E-state index in [1.165, 1.54) is 22.7 Å². The van der Waals surface area contributed by atoms with E-state index in [9.17, 15) is 19.5 Å². The molecule has 0 saturated carbocycles. The van der Waals surface area contributed by atoms with Gasteiger partial charge in [-0.1, -0.05) is 0 Å². The molecule has 0 radical (unpaired) electrons. The monoisotopic (exact) mass is 694 g/mol. The SMILES string of the molecule is CC(=O)OCc1c(-c2cc(Nc3ccc(N4CCN(CC(C)(C)O)CC4)cn3)c(=O)n(C)c2)ccnc1N1CCn2c(cc3c2CCCC3)C1=O. The molecule has 1 fully saturated rings. The van der Waals surface area contributed by atoms with Crippen LogP contribution in [0.4, 0.5) is 23.0 Å². The van der Waals surface area contributed by atoms with Crippen molar-refractivity contribution in [2.24, 2.45) is 7.05 Å². The van der Waals surface area contributed by atoms with Crippen LogP contribution in [0.25, 0.3) is 11.1 Å². The highest BCUT2D eigenvalue weighted by Crippen LogP contribution is 2.35. The number of carbonyl (C=O) groups is 2. The lowest BCUT2D eigenvalue weighted by Crippen LogP contribution is -2.50. The fraction of sp³-hybridized carbons (Fsp3) is 0.447. The van der Waals surface area contributed by atoms with E-state index < -0.39 is 11.6 Å². The minimum atomic E-state index is -0.728. The van der Waals surface area contributed by atoms with Crippen molar-refractivity contribution in [1.29, 1.82) is 0 Å². The Morgan fingerprint density at radius 1 is 1.00 bits per heavy atom. The molecule has 0 aromatic carbocycles. The number of esters is 1. The smallest absolute Gasteiger partial charge is 0.302 e. The summed E-state index contributed by atoms with van der Waals surface area (Å²) in [6.07, 6.45) is 9.41. The third-order valence-electron chi connectivity index (χ3n) is 9.98. The van der Waals surface area contributed by atoms with E-state index in [0.29, 0.717) is 59.3 Å². The largest absolute Gasteiger partial charge is 0.461 e. The number of aliphatic hydroxyl groups is 1. The molecular formula is C38H46N8O5. The van der Waals surface area contributed by atoms with Crippen LogP contribution in [0.2, 0.25) is 0 Å². The van der Waals surface area contributed by atoms with E-state index in [0.717, 1.165) is 57.5 Å². The van der Waals surface area contributed by atoms with Crippen LogP contribution in [0.15, 0.2) is 53.7 Å². The number of ether oxygens (including phenoxy) is 1. The summed E-state index contributed by atoms with van der Waals surface area (Å²) in [5, 5.41) is 13.4. The fourth-order valence-electron chi connectivity index (χ4n) is 7.58. The first-order valence-corrected chi connectivity index (χ1v) is 17.7. The van der Waals surface area contributed by atoms with Crippen molar-refractivity contribution in [3.63, 3.8) is 0 Å². The first-order chi connectivity index (χ1) is 24.4. The number of anilines is 4. The van der Waals surface area contributed by atoms with Gasteiger partial charge in [0.15, 0.2) is 0 Å². The van der Waals surface area contributed by atoms with Gasteiger partial charge in [0.1, 0.15) is 29.6 Å².